The van der Waals surface area contributed by atoms with E-state index in [1.54, 1.807) is 0 Å². The van der Waals surface area contributed by atoms with E-state index in [0.29, 0.717) is 13.1 Å². The molecule has 0 radical (unpaired) electrons. The number of halogens is 1. The molecule has 3 heterocycles. The zero-order valence-corrected chi connectivity index (χ0v) is 23.0. The fourth-order valence-electron chi connectivity index (χ4n) is 4.51. The summed E-state index contributed by atoms with van der Waals surface area (Å²) in [6, 6.07) is 13.1. The van der Waals surface area contributed by atoms with Gasteiger partial charge in [-0.3, -0.25) is 4.90 Å². The molecule has 1 aromatic heterocycles. The Balaban J connectivity index is 0.00000324. The molecular formula is C26H40IN7. The average molecular weight is 578 g/mol. The van der Waals surface area contributed by atoms with Crippen molar-refractivity contribution in [2.75, 3.05) is 57.8 Å². The number of benzene rings is 1. The van der Waals surface area contributed by atoms with Crippen LogP contribution in [0.15, 0.2) is 47.6 Å². The van der Waals surface area contributed by atoms with Crippen LogP contribution < -0.4 is 15.5 Å². The van der Waals surface area contributed by atoms with Crippen molar-refractivity contribution in [2.45, 2.75) is 39.4 Å². The number of nitrogens with one attached hydrogen (secondary N) is 2. The minimum Gasteiger partial charge on any atom is -0.357 e. The van der Waals surface area contributed by atoms with Crippen molar-refractivity contribution in [2.24, 2.45) is 4.99 Å². The molecule has 2 saturated heterocycles. The molecule has 0 bridgehead atoms. The Bertz CT molecular complexity index is 888. The summed E-state index contributed by atoms with van der Waals surface area (Å²) < 4.78 is 0. The van der Waals surface area contributed by atoms with Crippen LogP contribution in [0, 0.1) is 0 Å². The van der Waals surface area contributed by atoms with Gasteiger partial charge in [0.05, 0.1) is 6.54 Å². The van der Waals surface area contributed by atoms with Gasteiger partial charge in [0, 0.05) is 57.6 Å². The van der Waals surface area contributed by atoms with E-state index in [9.17, 15) is 0 Å². The number of likely N-dealkylation sites (tertiary alicyclic amines) is 1. The number of piperazine rings is 1. The summed E-state index contributed by atoms with van der Waals surface area (Å²) in [5.74, 6) is 1.93. The number of rotatable bonds is 8. The predicted molar refractivity (Wildman–Crippen MR) is 152 cm³/mol. The Labute approximate surface area is 222 Å². The summed E-state index contributed by atoms with van der Waals surface area (Å²) >= 11 is 0. The van der Waals surface area contributed by atoms with Crippen LogP contribution in [0.25, 0.3) is 0 Å². The number of nitrogens with zero attached hydrogens (tertiary/aromatic N) is 5. The molecule has 8 heteroatoms. The number of hydrogen-bond donors (Lipinski definition) is 2. The van der Waals surface area contributed by atoms with Crippen molar-refractivity contribution in [3.05, 3.63) is 59.3 Å². The number of hydrogen-bond acceptors (Lipinski definition) is 5. The van der Waals surface area contributed by atoms with Crippen molar-refractivity contribution in [1.82, 2.24) is 25.4 Å². The second-order valence-electron chi connectivity index (χ2n) is 9.12. The molecule has 0 unspecified atom stereocenters. The van der Waals surface area contributed by atoms with Crippen LogP contribution >= 0.6 is 24.0 Å². The lowest BCUT2D eigenvalue weighted by atomic mass is 10.1. The van der Waals surface area contributed by atoms with E-state index in [4.69, 9.17) is 9.98 Å². The standard InChI is InChI=1S/C26H39N7.HI/c1-3-27-26(29-19-22-8-10-23(11-9-22)21-32-13-4-5-14-32)30-20-24-7-6-12-28-25(24)33-17-15-31(2)16-18-33;/h6-12H,3-5,13-21H2,1-2H3,(H2,27,29,30);1H. The van der Waals surface area contributed by atoms with Gasteiger partial charge in [0.15, 0.2) is 5.96 Å². The number of anilines is 1. The number of guanidine groups is 1. The predicted octanol–water partition coefficient (Wildman–Crippen LogP) is 3.30. The molecule has 0 amide bonds. The lowest BCUT2D eigenvalue weighted by molar-refractivity contribution is 0.312. The highest BCUT2D eigenvalue weighted by Crippen LogP contribution is 2.18. The zero-order chi connectivity index (χ0) is 22.9. The molecule has 4 rings (SSSR count). The van der Waals surface area contributed by atoms with Gasteiger partial charge in [-0.15, -0.1) is 24.0 Å². The Morgan fingerprint density at radius 1 is 0.941 bits per heavy atom. The highest BCUT2D eigenvalue weighted by molar-refractivity contribution is 14.0. The molecule has 2 aromatic rings. The average Bonchev–Trinajstić information content (AvgIpc) is 3.36. The van der Waals surface area contributed by atoms with E-state index < -0.39 is 0 Å². The van der Waals surface area contributed by atoms with Crippen LogP contribution in [0.1, 0.15) is 36.5 Å². The zero-order valence-electron chi connectivity index (χ0n) is 20.7. The number of aromatic nitrogens is 1. The second kappa shape index (κ2) is 13.8. The van der Waals surface area contributed by atoms with Gasteiger partial charge in [0.1, 0.15) is 5.82 Å². The lowest BCUT2D eigenvalue weighted by Gasteiger charge is -2.34. The molecule has 2 N–H and O–H groups in total. The molecule has 2 aliphatic rings. The highest BCUT2D eigenvalue weighted by atomic mass is 127. The summed E-state index contributed by atoms with van der Waals surface area (Å²) in [5, 5.41) is 6.89. The molecule has 0 saturated carbocycles. The Morgan fingerprint density at radius 2 is 1.65 bits per heavy atom. The third-order valence-corrected chi connectivity index (χ3v) is 6.51. The van der Waals surface area contributed by atoms with Crippen LogP contribution in [0.2, 0.25) is 0 Å². The van der Waals surface area contributed by atoms with Gasteiger partial charge < -0.3 is 20.4 Å². The summed E-state index contributed by atoms with van der Waals surface area (Å²) in [6.45, 7) is 12.0. The molecule has 34 heavy (non-hydrogen) atoms. The number of likely N-dealkylation sites (N-methyl/N-ethyl adjacent to an activating group) is 1. The summed E-state index contributed by atoms with van der Waals surface area (Å²) in [7, 11) is 2.18. The summed E-state index contributed by atoms with van der Waals surface area (Å²) in [4.78, 5) is 16.8. The highest BCUT2D eigenvalue weighted by Gasteiger charge is 2.18. The topological polar surface area (TPSA) is 59.0 Å². The fourth-order valence-corrected chi connectivity index (χ4v) is 4.51. The van der Waals surface area contributed by atoms with Crippen molar-refractivity contribution in [3.8, 4) is 0 Å². The van der Waals surface area contributed by atoms with E-state index in [-0.39, 0.29) is 24.0 Å². The summed E-state index contributed by atoms with van der Waals surface area (Å²) in [6.07, 6.45) is 4.57. The van der Waals surface area contributed by atoms with Crippen LogP contribution in [0.5, 0.6) is 0 Å². The van der Waals surface area contributed by atoms with E-state index in [1.807, 2.05) is 12.3 Å². The van der Waals surface area contributed by atoms with Gasteiger partial charge in [0.25, 0.3) is 0 Å². The quantitative estimate of drug-likeness (QED) is 0.286. The maximum atomic E-state index is 4.83. The normalized spacial score (nSPS) is 17.5. The molecule has 0 atom stereocenters. The summed E-state index contributed by atoms with van der Waals surface area (Å²) in [5.41, 5.74) is 3.83. The van der Waals surface area contributed by atoms with Gasteiger partial charge in [0.2, 0.25) is 0 Å². The Kier molecular flexibility index (Phi) is 10.9. The first-order valence-corrected chi connectivity index (χ1v) is 12.4. The Hall–Kier alpha value is -1.91. The van der Waals surface area contributed by atoms with Crippen LogP contribution in [-0.2, 0) is 19.6 Å². The minimum absolute atomic E-state index is 0. The van der Waals surface area contributed by atoms with Crippen LogP contribution in [0.4, 0.5) is 5.82 Å². The first-order chi connectivity index (χ1) is 16.2. The SMILES string of the molecule is CCNC(=NCc1ccc(CN2CCCC2)cc1)NCc1cccnc1N1CCN(C)CC1.I. The fraction of sp³-hybridized carbons (Fsp3) is 0.538. The number of pyridine rings is 1. The van der Waals surface area contributed by atoms with Crippen molar-refractivity contribution in [1.29, 1.82) is 0 Å². The first-order valence-electron chi connectivity index (χ1n) is 12.4. The molecule has 2 aliphatic heterocycles. The first kappa shape index (κ1) is 26.7. The van der Waals surface area contributed by atoms with Gasteiger partial charge in [-0.05, 0) is 57.1 Å². The molecule has 2 fully saturated rings. The minimum atomic E-state index is 0. The maximum absolute atomic E-state index is 4.83. The van der Waals surface area contributed by atoms with Gasteiger partial charge in [-0.2, -0.15) is 0 Å². The molecule has 0 spiro atoms. The van der Waals surface area contributed by atoms with Crippen LogP contribution in [-0.4, -0.2) is 73.6 Å². The van der Waals surface area contributed by atoms with E-state index in [0.717, 1.165) is 51.0 Å². The third-order valence-electron chi connectivity index (χ3n) is 6.51. The van der Waals surface area contributed by atoms with Crippen LogP contribution in [0.3, 0.4) is 0 Å². The van der Waals surface area contributed by atoms with E-state index >= 15 is 0 Å². The molecular weight excluding hydrogens is 537 g/mol. The second-order valence-corrected chi connectivity index (χ2v) is 9.12. The monoisotopic (exact) mass is 577 g/mol. The van der Waals surface area contributed by atoms with Crippen molar-refractivity contribution in [3.63, 3.8) is 0 Å². The molecule has 186 valence electrons. The van der Waals surface area contributed by atoms with Crippen molar-refractivity contribution >= 4 is 35.8 Å². The van der Waals surface area contributed by atoms with Gasteiger partial charge in [-0.25, -0.2) is 9.98 Å². The smallest absolute Gasteiger partial charge is 0.191 e. The lowest BCUT2D eigenvalue weighted by Crippen LogP contribution is -2.45. The third kappa shape index (κ3) is 7.81. The Morgan fingerprint density at radius 3 is 2.35 bits per heavy atom. The van der Waals surface area contributed by atoms with E-state index in [1.165, 1.54) is 42.6 Å². The largest absolute Gasteiger partial charge is 0.357 e. The molecule has 1 aromatic carbocycles. The van der Waals surface area contributed by atoms with E-state index in [2.05, 4.69) is 69.6 Å². The van der Waals surface area contributed by atoms with Gasteiger partial charge in [-0.1, -0.05) is 30.3 Å². The molecule has 7 nitrogen and oxygen atoms in total. The van der Waals surface area contributed by atoms with Crippen molar-refractivity contribution < 1.29 is 0 Å². The number of aliphatic imine (C=N–C) groups is 1. The maximum Gasteiger partial charge on any atom is 0.191 e. The van der Waals surface area contributed by atoms with Gasteiger partial charge >= 0.3 is 0 Å². The molecule has 0 aliphatic carbocycles.